The number of thioether (sulfide) groups is 1. The van der Waals surface area contributed by atoms with E-state index in [-0.39, 0.29) is 5.91 Å². The molecule has 2 aromatic carbocycles. The predicted octanol–water partition coefficient (Wildman–Crippen LogP) is 4.85. The Balaban J connectivity index is 1.89. The average Bonchev–Trinajstić information content (AvgIpc) is 2.85. The molecule has 0 atom stereocenters. The van der Waals surface area contributed by atoms with Crippen LogP contribution in [0.5, 0.6) is 0 Å². The Bertz CT molecular complexity index is 843. The van der Waals surface area contributed by atoms with Crippen molar-refractivity contribution in [2.24, 2.45) is 4.99 Å². The van der Waals surface area contributed by atoms with Crippen molar-refractivity contribution in [3.63, 3.8) is 0 Å². The van der Waals surface area contributed by atoms with Gasteiger partial charge in [-0.3, -0.25) is 4.79 Å². The van der Waals surface area contributed by atoms with Crippen LogP contribution in [-0.2, 0) is 4.79 Å². The molecule has 23 heavy (non-hydrogen) atoms. The molecule has 0 radical (unpaired) electrons. The molecule has 0 bridgehead atoms. The maximum Gasteiger partial charge on any atom is 0.264 e. The van der Waals surface area contributed by atoms with Gasteiger partial charge in [-0.1, -0.05) is 41.9 Å². The van der Waals surface area contributed by atoms with Crippen molar-refractivity contribution in [3.05, 3.63) is 69.1 Å². The first-order valence-electron chi connectivity index (χ1n) is 7.14. The van der Waals surface area contributed by atoms with Crippen LogP contribution in [0.4, 0.5) is 5.69 Å². The van der Waals surface area contributed by atoms with E-state index in [0.29, 0.717) is 15.1 Å². The molecule has 1 N–H and O–H groups in total. The molecular formula is C18H15ClN2OS. The lowest BCUT2D eigenvalue weighted by Crippen LogP contribution is -2.19. The smallest absolute Gasteiger partial charge is 0.264 e. The standard InChI is InChI=1S/C18H15ClN2OS/c1-11-7-8-12(2)15(9-11)20-18-21-17(22)16(23-18)10-13-5-3-4-6-14(13)19/h3-10H,1-2H3,(H,20,21,22)/b16-10+. The first kappa shape index (κ1) is 15.8. The number of hydrogen-bond donors (Lipinski definition) is 1. The second-order valence-corrected chi connectivity index (χ2v) is 6.73. The molecule has 1 saturated heterocycles. The highest BCUT2D eigenvalue weighted by Crippen LogP contribution is 2.30. The minimum atomic E-state index is -0.154. The summed E-state index contributed by atoms with van der Waals surface area (Å²) < 4.78 is 0. The van der Waals surface area contributed by atoms with E-state index in [1.165, 1.54) is 11.8 Å². The summed E-state index contributed by atoms with van der Waals surface area (Å²) in [6.45, 7) is 4.02. The maximum atomic E-state index is 12.1. The van der Waals surface area contributed by atoms with Gasteiger partial charge < -0.3 is 5.32 Å². The third kappa shape index (κ3) is 3.66. The molecule has 1 heterocycles. The van der Waals surface area contributed by atoms with Gasteiger partial charge in [0.05, 0.1) is 10.6 Å². The number of carbonyl (C=O) groups excluding carboxylic acids is 1. The molecule has 1 fully saturated rings. The lowest BCUT2D eigenvalue weighted by atomic mass is 10.1. The quantitative estimate of drug-likeness (QED) is 0.793. The Morgan fingerprint density at radius 3 is 2.74 bits per heavy atom. The van der Waals surface area contributed by atoms with E-state index in [1.807, 2.05) is 50.2 Å². The first-order chi connectivity index (χ1) is 11.0. The number of aryl methyl sites for hydroxylation is 2. The molecule has 1 aliphatic rings. The van der Waals surface area contributed by atoms with Crippen LogP contribution in [0.2, 0.25) is 5.02 Å². The molecular weight excluding hydrogens is 328 g/mol. The summed E-state index contributed by atoms with van der Waals surface area (Å²) in [5, 5.41) is 4.01. The summed E-state index contributed by atoms with van der Waals surface area (Å²) in [6, 6.07) is 13.5. The van der Waals surface area contributed by atoms with Gasteiger partial charge in [-0.25, -0.2) is 4.99 Å². The molecule has 2 aromatic rings. The Kier molecular flexibility index (Phi) is 4.55. The third-order valence-corrected chi connectivity index (χ3v) is 4.68. The van der Waals surface area contributed by atoms with Crippen LogP contribution in [-0.4, -0.2) is 11.1 Å². The van der Waals surface area contributed by atoms with Crippen LogP contribution < -0.4 is 5.32 Å². The van der Waals surface area contributed by atoms with Gasteiger partial charge in [-0.15, -0.1) is 0 Å². The lowest BCUT2D eigenvalue weighted by Gasteiger charge is -2.02. The first-order valence-corrected chi connectivity index (χ1v) is 8.34. The van der Waals surface area contributed by atoms with Crippen LogP contribution in [0.1, 0.15) is 16.7 Å². The molecule has 0 saturated carbocycles. The van der Waals surface area contributed by atoms with E-state index in [0.717, 1.165) is 22.4 Å². The molecule has 5 heteroatoms. The molecule has 1 aliphatic heterocycles. The van der Waals surface area contributed by atoms with Gasteiger partial charge in [0.25, 0.3) is 5.91 Å². The summed E-state index contributed by atoms with van der Waals surface area (Å²) in [5.41, 5.74) is 3.89. The maximum absolute atomic E-state index is 12.1. The third-order valence-electron chi connectivity index (χ3n) is 3.43. The Labute approximate surface area is 144 Å². The van der Waals surface area contributed by atoms with E-state index in [2.05, 4.69) is 10.3 Å². The van der Waals surface area contributed by atoms with Crippen molar-refractivity contribution in [3.8, 4) is 0 Å². The van der Waals surface area contributed by atoms with Crippen molar-refractivity contribution in [1.82, 2.24) is 5.32 Å². The van der Waals surface area contributed by atoms with Crippen molar-refractivity contribution >= 4 is 46.2 Å². The van der Waals surface area contributed by atoms with E-state index >= 15 is 0 Å². The average molecular weight is 343 g/mol. The van der Waals surface area contributed by atoms with E-state index in [1.54, 1.807) is 12.1 Å². The second-order valence-electron chi connectivity index (χ2n) is 5.29. The van der Waals surface area contributed by atoms with Gasteiger partial charge in [-0.2, -0.15) is 0 Å². The topological polar surface area (TPSA) is 41.5 Å². The number of hydrogen-bond acceptors (Lipinski definition) is 3. The minimum Gasteiger partial charge on any atom is -0.300 e. The summed E-state index contributed by atoms with van der Waals surface area (Å²) in [4.78, 5) is 17.3. The van der Waals surface area contributed by atoms with Gasteiger partial charge in [0.15, 0.2) is 5.17 Å². The number of rotatable bonds is 2. The zero-order valence-corrected chi connectivity index (χ0v) is 14.3. The lowest BCUT2D eigenvalue weighted by molar-refractivity contribution is -0.115. The molecule has 0 spiro atoms. The molecule has 3 nitrogen and oxygen atoms in total. The normalized spacial score (nSPS) is 17.8. The largest absolute Gasteiger partial charge is 0.300 e. The monoisotopic (exact) mass is 342 g/mol. The molecule has 1 amide bonds. The summed E-state index contributed by atoms with van der Waals surface area (Å²) in [6.07, 6.45) is 1.79. The number of amidine groups is 1. The molecule has 0 aromatic heterocycles. The Morgan fingerprint density at radius 2 is 1.96 bits per heavy atom. The fourth-order valence-electron chi connectivity index (χ4n) is 2.16. The van der Waals surface area contributed by atoms with Gasteiger partial charge in [-0.05, 0) is 60.5 Å². The number of benzene rings is 2. The fraction of sp³-hybridized carbons (Fsp3) is 0.111. The van der Waals surface area contributed by atoms with Crippen molar-refractivity contribution in [2.75, 3.05) is 0 Å². The fourth-order valence-corrected chi connectivity index (χ4v) is 3.18. The van der Waals surface area contributed by atoms with Crippen LogP contribution in [0.3, 0.4) is 0 Å². The highest BCUT2D eigenvalue weighted by molar-refractivity contribution is 8.18. The van der Waals surface area contributed by atoms with Crippen LogP contribution in [0.25, 0.3) is 6.08 Å². The minimum absolute atomic E-state index is 0.154. The molecule has 0 unspecified atom stereocenters. The van der Waals surface area contributed by atoms with Crippen molar-refractivity contribution in [1.29, 1.82) is 0 Å². The number of aliphatic imine (C=N–C) groups is 1. The zero-order valence-electron chi connectivity index (χ0n) is 12.8. The predicted molar refractivity (Wildman–Crippen MR) is 98.2 cm³/mol. The number of halogens is 1. The van der Waals surface area contributed by atoms with Crippen molar-refractivity contribution in [2.45, 2.75) is 13.8 Å². The summed E-state index contributed by atoms with van der Waals surface area (Å²) in [7, 11) is 0. The van der Waals surface area contributed by atoms with E-state index in [9.17, 15) is 4.79 Å². The number of nitrogens with zero attached hydrogens (tertiary/aromatic N) is 1. The van der Waals surface area contributed by atoms with Gasteiger partial charge in [0.1, 0.15) is 0 Å². The van der Waals surface area contributed by atoms with E-state index < -0.39 is 0 Å². The Morgan fingerprint density at radius 1 is 1.17 bits per heavy atom. The highest BCUT2D eigenvalue weighted by Gasteiger charge is 2.24. The van der Waals surface area contributed by atoms with Crippen LogP contribution in [0.15, 0.2) is 52.4 Å². The van der Waals surface area contributed by atoms with Crippen LogP contribution in [0, 0.1) is 13.8 Å². The second kappa shape index (κ2) is 6.60. The summed E-state index contributed by atoms with van der Waals surface area (Å²) >= 11 is 7.46. The number of carbonyl (C=O) groups is 1. The van der Waals surface area contributed by atoms with E-state index in [4.69, 9.17) is 11.6 Å². The van der Waals surface area contributed by atoms with Crippen molar-refractivity contribution < 1.29 is 4.79 Å². The van der Waals surface area contributed by atoms with Gasteiger partial charge in [0, 0.05) is 5.02 Å². The van der Waals surface area contributed by atoms with Gasteiger partial charge in [0.2, 0.25) is 0 Å². The molecule has 0 aliphatic carbocycles. The van der Waals surface area contributed by atoms with Crippen LogP contribution >= 0.6 is 23.4 Å². The molecule has 3 rings (SSSR count). The number of amides is 1. The number of nitrogens with one attached hydrogen (secondary N) is 1. The Hall–Kier alpha value is -2.04. The summed E-state index contributed by atoms with van der Waals surface area (Å²) in [5.74, 6) is -0.154. The SMILES string of the molecule is Cc1ccc(C)c(N=C2NC(=O)/C(=C\c3ccccc3Cl)S2)c1. The molecule has 116 valence electrons. The van der Waals surface area contributed by atoms with Gasteiger partial charge >= 0.3 is 0 Å². The zero-order chi connectivity index (χ0) is 16.4. The highest BCUT2D eigenvalue weighted by atomic mass is 35.5.